The molecule has 10 heteroatoms. The highest BCUT2D eigenvalue weighted by Crippen LogP contribution is 2.38. The number of methoxy groups -OCH3 is 2. The molecule has 2 amide bonds. The van der Waals surface area contributed by atoms with Crippen LogP contribution in [0.25, 0.3) is 11.1 Å². The van der Waals surface area contributed by atoms with Crippen LogP contribution in [0.5, 0.6) is 5.88 Å². The molecule has 9 nitrogen and oxygen atoms in total. The summed E-state index contributed by atoms with van der Waals surface area (Å²) in [5.74, 6) is 0.841. The summed E-state index contributed by atoms with van der Waals surface area (Å²) >= 11 is 0. The highest BCUT2D eigenvalue weighted by molar-refractivity contribution is 7.93. The number of fused-ring (bicyclic) bond motifs is 1. The summed E-state index contributed by atoms with van der Waals surface area (Å²) in [6, 6.07) is 6.62. The molecule has 4 rings (SSSR count). The zero-order valence-corrected chi connectivity index (χ0v) is 19.4. The lowest BCUT2D eigenvalue weighted by Crippen LogP contribution is -2.35. The van der Waals surface area contributed by atoms with Crippen LogP contribution in [0.1, 0.15) is 30.4 Å². The summed E-state index contributed by atoms with van der Waals surface area (Å²) in [6.07, 6.45) is 6.02. The maximum atomic E-state index is 12.8. The molecule has 1 fully saturated rings. The highest BCUT2D eigenvalue weighted by atomic mass is 32.2. The van der Waals surface area contributed by atoms with Gasteiger partial charge in [0.25, 0.3) is 10.0 Å². The molecule has 0 unspecified atom stereocenters. The summed E-state index contributed by atoms with van der Waals surface area (Å²) in [7, 11) is -1.29. The van der Waals surface area contributed by atoms with Crippen LogP contribution in [0.3, 0.4) is 0 Å². The van der Waals surface area contributed by atoms with Crippen LogP contribution in [0.2, 0.25) is 0 Å². The molecule has 0 spiro atoms. The minimum atomic E-state index is -4.25. The Morgan fingerprint density at radius 2 is 2.00 bits per heavy atom. The molecule has 0 aliphatic heterocycles. The second-order valence-electron chi connectivity index (χ2n) is 7.95. The van der Waals surface area contributed by atoms with Gasteiger partial charge in [-0.25, -0.2) is 19.5 Å². The Balaban J connectivity index is 1.60. The van der Waals surface area contributed by atoms with Crippen LogP contribution < -0.4 is 14.8 Å². The molecular weight excluding hydrogens is 444 g/mol. The number of nitrogens with zero attached hydrogens (tertiary/aromatic N) is 2. The van der Waals surface area contributed by atoms with Crippen LogP contribution in [0.4, 0.5) is 10.5 Å². The third kappa shape index (κ3) is 5.00. The average Bonchev–Trinajstić information content (AvgIpc) is 3.53. The number of aryl methyl sites for hydroxylation is 1. The molecule has 2 aliphatic carbocycles. The maximum Gasteiger partial charge on any atom is 0.333 e. The number of benzene rings is 1. The van der Waals surface area contributed by atoms with E-state index in [0.717, 1.165) is 54.4 Å². The van der Waals surface area contributed by atoms with Gasteiger partial charge in [-0.2, -0.15) is 8.42 Å². The molecule has 2 aliphatic rings. The van der Waals surface area contributed by atoms with Crippen molar-refractivity contribution < 1.29 is 22.7 Å². The second kappa shape index (κ2) is 9.22. The predicted octanol–water partition coefficient (Wildman–Crippen LogP) is 3.62. The van der Waals surface area contributed by atoms with Gasteiger partial charge in [0.2, 0.25) is 5.88 Å². The smallest absolute Gasteiger partial charge is 0.333 e. The number of urea groups is 1. The van der Waals surface area contributed by atoms with Crippen LogP contribution in [-0.2, 0) is 27.6 Å². The summed E-state index contributed by atoms with van der Waals surface area (Å²) in [6.45, 7) is 3.51. The van der Waals surface area contributed by atoms with Crippen molar-refractivity contribution in [3.8, 4) is 17.0 Å². The van der Waals surface area contributed by atoms with E-state index in [1.165, 1.54) is 14.2 Å². The van der Waals surface area contributed by atoms with Gasteiger partial charge < -0.3 is 14.8 Å². The van der Waals surface area contributed by atoms with E-state index in [1.54, 1.807) is 18.3 Å². The van der Waals surface area contributed by atoms with Crippen molar-refractivity contribution in [1.29, 1.82) is 0 Å². The number of sulfonamides is 1. The number of aromatic nitrogens is 1. The van der Waals surface area contributed by atoms with Crippen LogP contribution in [0.15, 0.2) is 47.1 Å². The number of aliphatic imine (C=N–C) groups is 1. The largest absolute Gasteiger partial charge is 0.484 e. The first-order valence-corrected chi connectivity index (χ1v) is 12.1. The van der Waals surface area contributed by atoms with Gasteiger partial charge in [-0.3, -0.25) is 0 Å². The first kappa shape index (κ1) is 22.8. The number of amides is 2. The van der Waals surface area contributed by atoms with Gasteiger partial charge in [0.05, 0.1) is 19.9 Å². The van der Waals surface area contributed by atoms with Crippen molar-refractivity contribution in [3.63, 3.8) is 0 Å². The number of hydrogen-bond donors (Lipinski definition) is 2. The summed E-state index contributed by atoms with van der Waals surface area (Å²) in [5, 5.41) is 2.28. The zero-order chi connectivity index (χ0) is 23.6. The maximum absolute atomic E-state index is 12.8. The fraction of sp³-hybridized carbons (Fsp3) is 0.348. The molecule has 2 N–H and O–H groups in total. The molecule has 0 radical (unpaired) electrons. The number of pyridine rings is 1. The summed E-state index contributed by atoms with van der Waals surface area (Å²) in [5.41, 5.74) is 4.22. The zero-order valence-electron chi connectivity index (χ0n) is 18.6. The first-order chi connectivity index (χ1) is 15.8. The molecule has 1 aromatic carbocycles. The van der Waals surface area contributed by atoms with Gasteiger partial charge in [-0.15, -0.1) is 0 Å². The van der Waals surface area contributed by atoms with Gasteiger partial charge in [-0.05, 0) is 54.9 Å². The van der Waals surface area contributed by atoms with Crippen LogP contribution in [-0.4, -0.2) is 39.6 Å². The summed E-state index contributed by atoms with van der Waals surface area (Å²) < 4.78 is 37.7. The minimum absolute atomic E-state index is 0.0996. The Kier molecular flexibility index (Phi) is 6.37. The van der Waals surface area contributed by atoms with Gasteiger partial charge in [0.1, 0.15) is 0 Å². The Hall–Kier alpha value is -3.40. The Morgan fingerprint density at radius 3 is 2.70 bits per heavy atom. The third-order valence-electron chi connectivity index (χ3n) is 5.68. The van der Waals surface area contributed by atoms with Gasteiger partial charge in [0.15, 0.2) is 10.9 Å². The van der Waals surface area contributed by atoms with Crippen molar-refractivity contribution in [2.24, 2.45) is 10.9 Å². The SMILES string of the molecule is C=C(N=C(OC)C1CC1)S(=O)(=O)NC(=O)Nc1c(-c2ccnc(OC)c2)ccc2c1CCC2. The van der Waals surface area contributed by atoms with E-state index in [1.807, 2.05) is 16.9 Å². The second-order valence-corrected chi connectivity index (χ2v) is 9.63. The lowest BCUT2D eigenvalue weighted by molar-refractivity contribution is 0.256. The number of hydrogen-bond acceptors (Lipinski definition) is 7. The normalized spacial score (nSPS) is 15.5. The lowest BCUT2D eigenvalue weighted by Gasteiger charge is -2.17. The number of ether oxygens (including phenoxy) is 2. The van der Waals surface area contributed by atoms with E-state index in [0.29, 0.717) is 17.5 Å². The number of carbonyl (C=O) groups is 1. The lowest BCUT2D eigenvalue weighted by atomic mass is 9.98. The van der Waals surface area contributed by atoms with Crippen molar-refractivity contribution in [1.82, 2.24) is 9.71 Å². The quantitative estimate of drug-likeness (QED) is 0.471. The van der Waals surface area contributed by atoms with E-state index in [2.05, 4.69) is 21.9 Å². The molecule has 1 saturated carbocycles. The Bertz CT molecular complexity index is 1240. The average molecular weight is 471 g/mol. The molecular formula is C23H26N4O5S. The summed E-state index contributed by atoms with van der Waals surface area (Å²) in [4.78, 5) is 20.9. The van der Waals surface area contributed by atoms with E-state index in [4.69, 9.17) is 9.47 Å². The Morgan fingerprint density at radius 1 is 1.21 bits per heavy atom. The fourth-order valence-corrected chi connectivity index (χ4v) is 4.50. The Labute approximate surface area is 193 Å². The molecule has 174 valence electrons. The predicted molar refractivity (Wildman–Crippen MR) is 126 cm³/mol. The third-order valence-corrected chi connectivity index (χ3v) is 6.85. The standard InChI is InChI=1S/C23H26N4O5S/c1-14(25-22(32-3)16-7-8-16)33(29,30)27-23(28)26-21-18-6-4-5-15(18)9-10-19(21)17-11-12-24-20(13-17)31-2/h9-13,16H,1,4-8H2,2-3H3,(H2,26,27,28). The minimum Gasteiger partial charge on any atom is -0.484 e. The number of nitrogens with one attached hydrogen (secondary N) is 2. The van der Waals surface area contributed by atoms with E-state index in [9.17, 15) is 13.2 Å². The van der Waals surface area contributed by atoms with E-state index < -0.39 is 21.1 Å². The van der Waals surface area contributed by atoms with E-state index in [-0.39, 0.29) is 5.92 Å². The van der Waals surface area contributed by atoms with E-state index >= 15 is 0 Å². The molecule has 1 heterocycles. The van der Waals surface area contributed by atoms with Gasteiger partial charge in [0, 0.05) is 23.7 Å². The van der Waals surface area contributed by atoms with Crippen molar-refractivity contribution in [2.75, 3.05) is 19.5 Å². The van der Waals surface area contributed by atoms with Gasteiger partial charge >= 0.3 is 6.03 Å². The van der Waals surface area contributed by atoms with Crippen molar-refractivity contribution in [2.45, 2.75) is 32.1 Å². The first-order valence-electron chi connectivity index (χ1n) is 10.6. The van der Waals surface area contributed by atoms with Crippen LogP contribution in [0, 0.1) is 5.92 Å². The molecule has 0 saturated heterocycles. The molecule has 0 bridgehead atoms. The van der Waals surface area contributed by atoms with Crippen LogP contribution >= 0.6 is 0 Å². The fourth-order valence-electron chi connectivity index (χ4n) is 3.88. The number of carbonyl (C=O) groups excluding carboxylic acids is 1. The monoisotopic (exact) mass is 470 g/mol. The van der Waals surface area contributed by atoms with Crippen molar-refractivity contribution in [3.05, 3.63) is 53.2 Å². The highest BCUT2D eigenvalue weighted by Gasteiger charge is 2.30. The van der Waals surface area contributed by atoms with Crippen molar-refractivity contribution >= 4 is 27.6 Å². The molecule has 1 aromatic heterocycles. The number of anilines is 1. The topological polar surface area (TPSA) is 119 Å². The molecule has 0 atom stereocenters. The van der Waals surface area contributed by atoms with Gasteiger partial charge in [-0.1, -0.05) is 18.7 Å². The number of rotatable bonds is 7. The molecule has 33 heavy (non-hydrogen) atoms. The molecule has 2 aromatic rings.